The first-order chi connectivity index (χ1) is 12.1. The number of aromatic nitrogens is 2. The first kappa shape index (κ1) is 17.3. The van der Waals surface area contributed by atoms with E-state index in [1.807, 2.05) is 10.6 Å². The number of hydrogen-bond acceptors (Lipinski definition) is 4. The zero-order chi connectivity index (χ0) is 17.4. The van der Waals surface area contributed by atoms with Crippen LogP contribution in [-0.4, -0.2) is 16.2 Å². The van der Waals surface area contributed by atoms with Crippen LogP contribution in [0.15, 0.2) is 28.2 Å². The minimum absolute atomic E-state index is 0.119. The van der Waals surface area contributed by atoms with Crippen LogP contribution in [0.4, 0.5) is 5.69 Å². The normalized spacial score (nSPS) is 18.0. The van der Waals surface area contributed by atoms with Crippen molar-refractivity contribution < 1.29 is 4.74 Å². The molecule has 3 aromatic rings. The second-order valence-electron chi connectivity index (χ2n) is 6.26. The molecule has 0 saturated carbocycles. The van der Waals surface area contributed by atoms with Crippen molar-refractivity contribution in [1.29, 1.82) is 0 Å². The molecule has 25 heavy (non-hydrogen) atoms. The second kappa shape index (κ2) is 7.27. The van der Waals surface area contributed by atoms with Gasteiger partial charge in [-0.3, -0.25) is 0 Å². The molecule has 4 nitrogen and oxygen atoms in total. The SMILES string of the molecule is Cc1c(C2CCCCO2)c(Br)n2nc(Cl)cc(NCc3cccs3)c12. The highest BCUT2D eigenvalue weighted by Gasteiger charge is 2.26. The zero-order valence-electron chi connectivity index (χ0n) is 13.9. The maximum Gasteiger partial charge on any atom is 0.152 e. The lowest BCUT2D eigenvalue weighted by atomic mass is 10.0. The summed E-state index contributed by atoms with van der Waals surface area (Å²) < 4.78 is 8.85. The van der Waals surface area contributed by atoms with Crippen LogP contribution in [-0.2, 0) is 11.3 Å². The van der Waals surface area contributed by atoms with Crippen LogP contribution in [0, 0.1) is 6.92 Å². The highest BCUT2D eigenvalue weighted by atomic mass is 79.9. The molecule has 4 rings (SSSR count). The van der Waals surface area contributed by atoms with Crippen LogP contribution in [0.1, 0.15) is 41.4 Å². The van der Waals surface area contributed by atoms with Crippen LogP contribution in [0.5, 0.6) is 0 Å². The third kappa shape index (κ3) is 3.33. The fourth-order valence-electron chi connectivity index (χ4n) is 3.45. The van der Waals surface area contributed by atoms with Crippen molar-refractivity contribution in [3.05, 3.63) is 49.3 Å². The van der Waals surface area contributed by atoms with Crippen molar-refractivity contribution in [3.8, 4) is 0 Å². The largest absolute Gasteiger partial charge is 0.378 e. The molecular weight excluding hydrogens is 422 g/mol. The van der Waals surface area contributed by atoms with E-state index in [0.29, 0.717) is 5.15 Å². The van der Waals surface area contributed by atoms with E-state index in [2.05, 4.69) is 50.8 Å². The fourth-order valence-corrected chi connectivity index (χ4v) is 5.09. The van der Waals surface area contributed by atoms with E-state index in [4.69, 9.17) is 16.3 Å². The number of thiophene rings is 1. The number of halogens is 2. The Balaban J connectivity index is 1.77. The molecule has 0 amide bonds. The zero-order valence-corrected chi connectivity index (χ0v) is 17.0. The summed E-state index contributed by atoms with van der Waals surface area (Å²) in [6.45, 7) is 3.73. The van der Waals surface area contributed by atoms with Gasteiger partial charge in [0.1, 0.15) is 4.60 Å². The number of aryl methyl sites for hydroxylation is 1. The summed E-state index contributed by atoms with van der Waals surface area (Å²) in [7, 11) is 0. The molecule has 0 spiro atoms. The standard InChI is InChI=1S/C18H19BrClN3OS/c1-11-16(14-6-2-3-7-24-14)18(19)23-17(11)13(9-15(20)22-23)21-10-12-5-4-8-25-12/h4-5,8-9,14,21H,2-3,6-7,10H2,1H3. The molecule has 0 aromatic carbocycles. The van der Waals surface area contributed by atoms with Gasteiger partial charge < -0.3 is 10.1 Å². The summed E-state index contributed by atoms with van der Waals surface area (Å²) in [4.78, 5) is 1.28. The number of hydrogen-bond donors (Lipinski definition) is 1. The molecule has 1 aliphatic heterocycles. The van der Waals surface area contributed by atoms with E-state index in [9.17, 15) is 0 Å². The topological polar surface area (TPSA) is 38.6 Å². The van der Waals surface area contributed by atoms with Gasteiger partial charge in [0.05, 0.1) is 17.3 Å². The van der Waals surface area contributed by atoms with Gasteiger partial charge >= 0.3 is 0 Å². The van der Waals surface area contributed by atoms with E-state index in [1.165, 1.54) is 22.4 Å². The number of rotatable bonds is 4. The molecule has 1 fully saturated rings. The Hall–Kier alpha value is -1.08. The van der Waals surface area contributed by atoms with Gasteiger partial charge in [-0.15, -0.1) is 11.3 Å². The number of ether oxygens (including phenoxy) is 1. The highest BCUT2D eigenvalue weighted by Crippen LogP contribution is 2.40. The second-order valence-corrected chi connectivity index (χ2v) is 8.43. The number of fused-ring (bicyclic) bond motifs is 1. The highest BCUT2D eigenvalue weighted by molar-refractivity contribution is 9.10. The molecule has 1 saturated heterocycles. The molecule has 7 heteroatoms. The maximum absolute atomic E-state index is 6.28. The van der Waals surface area contributed by atoms with Crippen molar-refractivity contribution in [3.63, 3.8) is 0 Å². The summed E-state index contributed by atoms with van der Waals surface area (Å²) >= 11 is 11.8. The lowest BCUT2D eigenvalue weighted by Crippen LogP contribution is -2.12. The molecular formula is C18H19BrClN3OS. The van der Waals surface area contributed by atoms with Crippen molar-refractivity contribution in [2.75, 3.05) is 11.9 Å². The molecule has 1 aliphatic rings. The number of nitrogens with one attached hydrogen (secondary N) is 1. The van der Waals surface area contributed by atoms with E-state index < -0.39 is 0 Å². The minimum atomic E-state index is 0.119. The predicted octanol–water partition coefficient (Wildman–Crippen LogP) is 5.97. The van der Waals surface area contributed by atoms with E-state index in [1.54, 1.807) is 11.3 Å². The van der Waals surface area contributed by atoms with Gasteiger partial charge in [-0.1, -0.05) is 17.7 Å². The van der Waals surface area contributed by atoms with Gasteiger partial charge in [0.2, 0.25) is 0 Å². The van der Waals surface area contributed by atoms with Gasteiger partial charge in [-0.25, -0.2) is 4.52 Å². The van der Waals surface area contributed by atoms with Crippen LogP contribution in [0.3, 0.4) is 0 Å². The van der Waals surface area contributed by atoms with Crippen LogP contribution >= 0.6 is 38.9 Å². The van der Waals surface area contributed by atoms with Crippen molar-refractivity contribution >= 4 is 50.1 Å². The van der Waals surface area contributed by atoms with Crippen LogP contribution < -0.4 is 5.32 Å². The Morgan fingerprint density at radius 1 is 1.48 bits per heavy atom. The summed E-state index contributed by atoms with van der Waals surface area (Å²) in [6.07, 6.45) is 3.49. The van der Waals surface area contributed by atoms with Gasteiger partial charge in [0.15, 0.2) is 5.15 Å². The minimum Gasteiger partial charge on any atom is -0.378 e. The molecule has 1 N–H and O–H groups in total. The lowest BCUT2D eigenvalue weighted by Gasteiger charge is -2.23. The van der Waals surface area contributed by atoms with Gasteiger partial charge in [-0.2, -0.15) is 5.10 Å². The van der Waals surface area contributed by atoms with Gasteiger partial charge in [0, 0.05) is 29.7 Å². The molecule has 0 radical (unpaired) electrons. The molecule has 3 aromatic heterocycles. The average Bonchev–Trinajstić information content (AvgIpc) is 3.21. The monoisotopic (exact) mass is 439 g/mol. The van der Waals surface area contributed by atoms with Crippen molar-refractivity contribution in [1.82, 2.24) is 9.61 Å². The summed E-state index contributed by atoms with van der Waals surface area (Å²) in [5.74, 6) is 0. The molecule has 1 unspecified atom stereocenters. The van der Waals surface area contributed by atoms with Crippen LogP contribution in [0.25, 0.3) is 5.52 Å². The third-order valence-electron chi connectivity index (χ3n) is 4.63. The molecule has 0 aliphatic carbocycles. The van der Waals surface area contributed by atoms with Crippen molar-refractivity contribution in [2.24, 2.45) is 0 Å². The smallest absolute Gasteiger partial charge is 0.152 e. The summed E-state index contributed by atoms with van der Waals surface area (Å²) in [5.41, 5.74) is 4.43. The van der Waals surface area contributed by atoms with E-state index in [-0.39, 0.29) is 6.10 Å². The van der Waals surface area contributed by atoms with Gasteiger partial charge in [0.25, 0.3) is 0 Å². The van der Waals surface area contributed by atoms with E-state index >= 15 is 0 Å². The van der Waals surface area contributed by atoms with Crippen LogP contribution in [0.2, 0.25) is 5.15 Å². The van der Waals surface area contributed by atoms with E-state index in [0.717, 1.165) is 41.8 Å². The first-order valence-corrected chi connectivity index (χ1v) is 10.5. The van der Waals surface area contributed by atoms with Gasteiger partial charge in [-0.05, 0) is 59.1 Å². The third-order valence-corrected chi connectivity index (χ3v) is 6.45. The Kier molecular flexibility index (Phi) is 5.04. The first-order valence-electron chi connectivity index (χ1n) is 8.40. The molecule has 4 heterocycles. The fraction of sp³-hybridized carbons (Fsp3) is 0.389. The Morgan fingerprint density at radius 3 is 3.08 bits per heavy atom. The lowest BCUT2D eigenvalue weighted by molar-refractivity contribution is 0.0142. The molecule has 132 valence electrons. The molecule has 0 bridgehead atoms. The quantitative estimate of drug-likeness (QED) is 0.543. The Bertz CT molecular complexity index is 888. The number of anilines is 1. The van der Waals surface area contributed by atoms with Crippen molar-refractivity contribution in [2.45, 2.75) is 38.8 Å². The Labute approximate surface area is 164 Å². The summed E-state index contributed by atoms with van der Waals surface area (Å²) in [6, 6.07) is 6.09. The average molecular weight is 441 g/mol. The number of nitrogens with zero attached hydrogens (tertiary/aromatic N) is 2. The maximum atomic E-state index is 6.28. The Morgan fingerprint density at radius 2 is 2.36 bits per heavy atom. The molecule has 1 atom stereocenters. The predicted molar refractivity (Wildman–Crippen MR) is 107 cm³/mol. The summed E-state index contributed by atoms with van der Waals surface area (Å²) in [5, 5.41) is 10.6.